The first-order valence-corrected chi connectivity index (χ1v) is 10.3. The van der Waals surface area contributed by atoms with E-state index in [0.717, 1.165) is 51.5 Å². The summed E-state index contributed by atoms with van der Waals surface area (Å²) in [6.45, 7) is 12.2. The van der Waals surface area contributed by atoms with Crippen molar-refractivity contribution in [2.75, 3.05) is 44.6 Å². The van der Waals surface area contributed by atoms with Crippen molar-refractivity contribution >= 4 is 11.7 Å². The van der Waals surface area contributed by atoms with Gasteiger partial charge in [-0.05, 0) is 37.4 Å². The largest absolute Gasteiger partial charge is 0.369 e. The highest BCUT2D eigenvalue weighted by Crippen LogP contribution is 2.16. The number of hydrogen-bond acceptors (Lipinski definition) is 4. The molecular formula is C21H36N4O. The van der Waals surface area contributed by atoms with Crippen LogP contribution in [0.5, 0.6) is 0 Å². The van der Waals surface area contributed by atoms with Crippen molar-refractivity contribution in [2.24, 2.45) is 5.92 Å². The van der Waals surface area contributed by atoms with Crippen LogP contribution >= 0.6 is 0 Å². The van der Waals surface area contributed by atoms with Gasteiger partial charge in [-0.3, -0.25) is 9.69 Å². The lowest BCUT2D eigenvalue weighted by atomic mass is 10.1. The van der Waals surface area contributed by atoms with Crippen molar-refractivity contribution in [3.63, 3.8) is 0 Å². The van der Waals surface area contributed by atoms with E-state index in [2.05, 4.69) is 36.0 Å². The SMILES string of the molecule is CCCCCCN1CCN(C(=O)c2cccnc2NCCC(C)C)CC1. The second-order valence-electron chi connectivity index (χ2n) is 7.70. The van der Waals surface area contributed by atoms with E-state index in [1.54, 1.807) is 6.20 Å². The van der Waals surface area contributed by atoms with Crippen LogP contribution in [0.2, 0.25) is 0 Å². The van der Waals surface area contributed by atoms with Gasteiger partial charge in [0.1, 0.15) is 5.82 Å². The van der Waals surface area contributed by atoms with Crippen molar-refractivity contribution < 1.29 is 4.79 Å². The van der Waals surface area contributed by atoms with Crippen molar-refractivity contribution in [2.45, 2.75) is 52.9 Å². The number of nitrogens with one attached hydrogen (secondary N) is 1. The van der Waals surface area contributed by atoms with Gasteiger partial charge in [0.2, 0.25) is 0 Å². The molecule has 1 fully saturated rings. The third-order valence-electron chi connectivity index (χ3n) is 5.04. The Hall–Kier alpha value is -1.62. The van der Waals surface area contributed by atoms with E-state index in [1.807, 2.05) is 17.0 Å². The Bertz CT molecular complexity index is 539. The molecule has 1 saturated heterocycles. The van der Waals surface area contributed by atoms with E-state index in [1.165, 1.54) is 25.7 Å². The molecule has 1 aliphatic heterocycles. The minimum Gasteiger partial charge on any atom is -0.369 e. The second-order valence-corrected chi connectivity index (χ2v) is 7.70. The maximum atomic E-state index is 13.0. The molecule has 0 spiro atoms. The maximum Gasteiger partial charge on any atom is 0.257 e. The zero-order chi connectivity index (χ0) is 18.8. The van der Waals surface area contributed by atoms with E-state index < -0.39 is 0 Å². The molecule has 0 atom stereocenters. The molecule has 5 nitrogen and oxygen atoms in total. The number of aromatic nitrogens is 1. The van der Waals surface area contributed by atoms with Gasteiger partial charge in [0, 0.05) is 38.9 Å². The first-order valence-electron chi connectivity index (χ1n) is 10.3. The fourth-order valence-electron chi connectivity index (χ4n) is 3.31. The molecule has 146 valence electrons. The summed E-state index contributed by atoms with van der Waals surface area (Å²) in [5, 5.41) is 3.34. The lowest BCUT2D eigenvalue weighted by Crippen LogP contribution is -2.49. The average molecular weight is 361 g/mol. The smallest absolute Gasteiger partial charge is 0.257 e. The Kier molecular flexibility index (Phi) is 8.89. The molecule has 0 unspecified atom stereocenters. The molecule has 1 amide bonds. The van der Waals surface area contributed by atoms with Gasteiger partial charge in [0.25, 0.3) is 5.91 Å². The molecule has 5 heteroatoms. The normalized spacial score (nSPS) is 15.5. The number of piperazine rings is 1. The first kappa shape index (κ1) is 20.7. The zero-order valence-electron chi connectivity index (χ0n) is 16.8. The van der Waals surface area contributed by atoms with Crippen molar-refractivity contribution in [1.82, 2.24) is 14.8 Å². The summed E-state index contributed by atoms with van der Waals surface area (Å²) >= 11 is 0. The minimum atomic E-state index is 0.107. The highest BCUT2D eigenvalue weighted by atomic mass is 16.2. The summed E-state index contributed by atoms with van der Waals surface area (Å²) < 4.78 is 0. The van der Waals surface area contributed by atoms with Crippen molar-refractivity contribution in [3.05, 3.63) is 23.9 Å². The van der Waals surface area contributed by atoms with Crippen molar-refractivity contribution in [1.29, 1.82) is 0 Å². The van der Waals surface area contributed by atoms with E-state index >= 15 is 0 Å². The van der Waals surface area contributed by atoms with Gasteiger partial charge in [-0.2, -0.15) is 0 Å². The number of rotatable bonds is 10. The molecule has 26 heavy (non-hydrogen) atoms. The summed E-state index contributed by atoms with van der Waals surface area (Å²) in [6.07, 6.45) is 8.02. The van der Waals surface area contributed by atoms with Crippen LogP contribution < -0.4 is 5.32 Å². The van der Waals surface area contributed by atoms with Gasteiger partial charge in [-0.15, -0.1) is 0 Å². The van der Waals surface area contributed by atoms with Crippen LogP contribution in [-0.2, 0) is 0 Å². The predicted octanol–water partition coefficient (Wildman–Crippen LogP) is 3.88. The molecular weight excluding hydrogens is 324 g/mol. The third-order valence-corrected chi connectivity index (χ3v) is 5.04. The minimum absolute atomic E-state index is 0.107. The van der Waals surface area contributed by atoms with Crippen LogP contribution in [0.25, 0.3) is 0 Å². The molecule has 0 saturated carbocycles. The van der Waals surface area contributed by atoms with Gasteiger partial charge in [-0.1, -0.05) is 40.0 Å². The molecule has 0 bridgehead atoms. The van der Waals surface area contributed by atoms with E-state index in [4.69, 9.17) is 0 Å². The number of carbonyl (C=O) groups excluding carboxylic acids is 1. The van der Waals surface area contributed by atoms with E-state index in [-0.39, 0.29) is 5.91 Å². The number of nitrogens with zero attached hydrogens (tertiary/aromatic N) is 3. The molecule has 1 aromatic heterocycles. The van der Waals surface area contributed by atoms with Gasteiger partial charge < -0.3 is 10.2 Å². The Morgan fingerprint density at radius 3 is 2.65 bits per heavy atom. The monoisotopic (exact) mass is 360 g/mol. The average Bonchev–Trinajstić information content (AvgIpc) is 2.65. The number of hydrogen-bond donors (Lipinski definition) is 1. The Morgan fingerprint density at radius 1 is 1.19 bits per heavy atom. The van der Waals surface area contributed by atoms with E-state index in [0.29, 0.717) is 11.5 Å². The molecule has 2 heterocycles. The quantitative estimate of drug-likeness (QED) is 0.643. The molecule has 1 aliphatic rings. The van der Waals surface area contributed by atoms with Gasteiger partial charge in [-0.25, -0.2) is 4.98 Å². The summed E-state index contributed by atoms with van der Waals surface area (Å²) in [5.41, 5.74) is 0.702. The number of unbranched alkanes of at least 4 members (excludes halogenated alkanes) is 3. The van der Waals surface area contributed by atoms with E-state index in [9.17, 15) is 4.79 Å². The molecule has 2 rings (SSSR count). The molecule has 1 N–H and O–H groups in total. The molecule has 0 radical (unpaired) electrons. The molecule has 0 aromatic carbocycles. The summed E-state index contributed by atoms with van der Waals surface area (Å²) in [5.74, 6) is 1.46. The number of anilines is 1. The van der Waals surface area contributed by atoms with Gasteiger partial charge in [0.15, 0.2) is 0 Å². The molecule has 1 aromatic rings. The Labute approximate surface area is 159 Å². The lowest BCUT2D eigenvalue weighted by molar-refractivity contribution is 0.0636. The van der Waals surface area contributed by atoms with Crippen LogP contribution in [-0.4, -0.2) is 60.0 Å². The van der Waals surface area contributed by atoms with Crippen LogP contribution in [0.15, 0.2) is 18.3 Å². The van der Waals surface area contributed by atoms with Crippen LogP contribution in [0.1, 0.15) is 63.2 Å². The van der Waals surface area contributed by atoms with Crippen LogP contribution in [0, 0.1) is 5.92 Å². The topological polar surface area (TPSA) is 48.5 Å². The Morgan fingerprint density at radius 2 is 1.96 bits per heavy atom. The fourth-order valence-corrected chi connectivity index (χ4v) is 3.31. The van der Waals surface area contributed by atoms with Crippen molar-refractivity contribution in [3.8, 4) is 0 Å². The number of amides is 1. The van der Waals surface area contributed by atoms with Gasteiger partial charge >= 0.3 is 0 Å². The lowest BCUT2D eigenvalue weighted by Gasteiger charge is -2.35. The zero-order valence-corrected chi connectivity index (χ0v) is 16.8. The number of pyridine rings is 1. The predicted molar refractivity (Wildman–Crippen MR) is 109 cm³/mol. The second kappa shape index (κ2) is 11.2. The standard InChI is InChI=1S/C21H36N4O/c1-4-5-6-7-13-24-14-16-25(17-15-24)21(26)19-9-8-11-22-20(19)23-12-10-18(2)3/h8-9,11,18H,4-7,10,12-17H2,1-3H3,(H,22,23). The van der Waals surface area contributed by atoms with Gasteiger partial charge in [0.05, 0.1) is 5.56 Å². The Balaban J connectivity index is 1.84. The highest BCUT2D eigenvalue weighted by molar-refractivity contribution is 5.98. The van der Waals surface area contributed by atoms with Crippen LogP contribution in [0.3, 0.4) is 0 Å². The van der Waals surface area contributed by atoms with Crippen LogP contribution in [0.4, 0.5) is 5.82 Å². The number of carbonyl (C=O) groups is 1. The highest BCUT2D eigenvalue weighted by Gasteiger charge is 2.23. The summed E-state index contributed by atoms with van der Waals surface area (Å²) in [6, 6.07) is 3.75. The maximum absolute atomic E-state index is 13.0. The third kappa shape index (κ3) is 6.60. The summed E-state index contributed by atoms with van der Waals surface area (Å²) in [7, 11) is 0. The first-order chi connectivity index (χ1) is 12.6. The fraction of sp³-hybridized carbons (Fsp3) is 0.714. The molecule has 0 aliphatic carbocycles. The summed E-state index contributed by atoms with van der Waals surface area (Å²) in [4.78, 5) is 21.8.